The molecule has 1 aliphatic rings. The fourth-order valence-electron chi connectivity index (χ4n) is 4.95. The molecule has 0 heterocycles. The molecule has 0 nitrogen and oxygen atoms in total. The van der Waals surface area contributed by atoms with Crippen LogP contribution in [0.15, 0.2) is 72.8 Å². The molecule has 4 rings (SSSR count). The number of rotatable bonds is 7. The van der Waals surface area contributed by atoms with Crippen LogP contribution in [0.4, 0.5) is 0 Å². The van der Waals surface area contributed by atoms with Gasteiger partial charge in [-0.25, -0.2) is 0 Å². The van der Waals surface area contributed by atoms with E-state index in [2.05, 4.69) is 86.6 Å². The second-order valence-electron chi connectivity index (χ2n) is 9.44. The van der Waals surface area contributed by atoms with Crippen LogP contribution in [0.2, 0.25) is 0 Å². The monoisotopic (exact) mass is 396 g/mol. The van der Waals surface area contributed by atoms with Crippen molar-refractivity contribution in [1.82, 2.24) is 0 Å². The van der Waals surface area contributed by atoms with Crippen molar-refractivity contribution < 1.29 is 0 Å². The quantitative estimate of drug-likeness (QED) is 0.383. The Morgan fingerprint density at radius 3 is 1.33 bits per heavy atom. The van der Waals surface area contributed by atoms with Crippen LogP contribution in [0.25, 0.3) is 0 Å². The Balaban J connectivity index is 1.24. The van der Waals surface area contributed by atoms with Crippen LogP contribution in [-0.4, -0.2) is 0 Å². The average molecular weight is 397 g/mol. The third-order valence-corrected chi connectivity index (χ3v) is 7.00. The zero-order valence-electron chi connectivity index (χ0n) is 18.7. The lowest BCUT2D eigenvalue weighted by Gasteiger charge is -2.28. The molecule has 3 aromatic rings. The molecule has 0 aliphatic heterocycles. The van der Waals surface area contributed by atoms with Crippen molar-refractivity contribution in [2.75, 3.05) is 0 Å². The molecular weight excluding hydrogens is 360 g/mol. The molecule has 1 fully saturated rings. The first-order valence-corrected chi connectivity index (χ1v) is 11.9. The predicted octanol–water partition coefficient (Wildman–Crippen LogP) is 7.74. The molecule has 0 radical (unpaired) electrons. The highest BCUT2D eigenvalue weighted by atomic mass is 14.3. The van der Waals surface area contributed by atoms with E-state index in [4.69, 9.17) is 0 Å². The number of hydrogen-bond donors (Lipinski definition) is 0. The van der Waals surface area contributed by atoms with Gasteiger partial charge >= 0.3 is 0 Å². The van der Waals surface area contributed by atoms with Gasteiger partial charge in [0.25, 0.3) is 0 Å². The van der Waals surface area contributed by atoms with E-state index in [-0.39, 0.29) is 0 Å². The molecule has 0 bridgehead atoms. The zero-order chi connectivity index (χ0) is 20.8. The van der Waals surface area contributed by atoms with E-state index in [1.807, 2.05) is 0 Å². The number of hydrogen-bond acceptors (Lipinski definition) is 0. The Labute approximate surface area is 183 Å². The van der Waals surface area contributed by atoms with Crippen molar-refractivity contribution in [3.05, 3.63) is 106 Å². The SMILES string of the molecule is CCc1ccc(Cc2ccc(CC3CCC(Cc4ccc(C)cc4)CC3)cc2)cc1. The summed E-state index contributed by atoms with van der Waals surface area (Å²) in [6, 6.07) is 27.7. The molecule has 0 heteroatoms. The van der Waals surface area contributed by atoms with Crippen LogP contribution in [0.5, 0.6) is 0 Å². The summed E-state index contributed by atoms with van der Waals surface area (Å²) < 4.78 is 0. The Hall–Kier alpha value is -2.34. The van der Waals surface area contributed by atoms with Gasteiger partial charge in [0.05, 0.1) is 0 Å². The Morgan fingerprint density at radius 1 is 0.533 bits per heavy atom. The van der Waals surface area contributed by atoms with Crippen molar-refractivity contribution in [3.8, 4) is 0 Å². The van der Waals surface area contributed by atoms with Crippen molar-refractivity contribution in [1.29, 1.82) is 0 Å². The van der Waals surface area contributed by atoms with E-state index in [0.717, 1.165) is 24.7 Å². The van der Waals surface area contributed by atoms with E-state index in [1.165, 1.54) is 71.9 Å². The average Bonchev–Trinajstić information content (AvgIpc) is 2.78. The van der Waals surface area contributed by atoms with E-state index in [1.54, 1.807) is 0 Å². The van der Waals surface area contributed by atoms with Crippen LogP contribution < -0.4 is 0 Å². The molecule has 0 N–H and O–H groups in total. The number of benzene rings is 3. The lowest BCUT2D eigenvalue weighted by Crippen LogP contribution is -2.18. The fraction of sp³-hybridized carbons (Fsp3) is 0.400. The minimum absolute atomic E-state index is 0.867. The highest BCUT2D eigenvalue weighted by molar-refractivity contribution is 5.31. The van der Waals surface area contributed by atoms with Gasteiger partial charge in [-0.2, -0.15) is 0 Å². The first-order valence-electron chi connectivity index (χ1n) is 11.9. The third kappa shape index (κ3) is 5.85. The molecule has 0 aromatic heterocycles. The summed E-state index contributed by atoms with van der Waals surface area (Å²) in [7, 11) is 0. The van der Waals surface area contributed by atoms with Gasteiger partial charge in [0.1, 0.15) is 0 Å². The van der Waals surface area contributed by atoms with Gasteiger partial charge in [-0.05, 0) is 97.9 Å². The van der Waals surface area contributed by atoms with Gasteiger partial charge in [-0.3, -0.25) is 0 Å². The highest BCUT2D eigenvalue weighted by Gasteiger charge is 2.21. The van der Waals surface area contributed by atoms with Crippen molar-refractivity contribution in [3.63, 3.8) is 0 Å². The maximum atomic E-state index is 2.37. The maximum absolute atomic E-state index is 2.37. The van der Waals surface area contributed by atoms with Crippen molar-refractivity contribution >= 4 is 0 Å². The zero-order valence-corrected chi connectivity index (χ0v) is 18.7. The van der Waals surface area contributed by atoms with Crippen LogP contribution >= 0.6 is 0 Å². The third-order valence-electron chi connectivity index (χ3n) is 7.00. The molecular formula is C30H36. The normalized spacial score (nSPS) is 19.0. The first-order chi connectivity index (χ1) is 14.7. The molecule has 0 spiro atoms. The number of aryl methyl sites for hydroxylation is 2. The van der Waals surface area contributed by atoms with Crippen LogP contribution in [0.3, 0.4) is 0 Å². The Bertz CT molecular complexity index is 892. The predicted molar refractivity (Wildman–Crippen MR) is 129 cm³/mol. The molecule has 156 valence electrons. The summed E-state index contributed by atoms with van der Waals surface area (Å²) in [5.74, 6) is 1.75. The minimum atomic E-state index is 0.867. The van der Waals surface area contributed by atoms with E-state index in [0.29, 0.717) is 0 Å². The van der Waals surface area contributed by atoms with E-state index in [9.17, 15) is 0 Å². The molecule has 30 heavy (non-hydrogen) atoms. The lowest BCUT2D eigenvalue weighted by atomic mass is 9.77. The standard InChI is InChI=1S/C30H36/c1-3-24-8-10-26(11-9-24)21-28-16-18-30(19-17-28)22-29-14-12-27(13-15-29)20-25-6-4-23(2)5-7-25/h4-11,16-19,27,29H,3,12-15,20-22H2,1-2H3. The summed E-state index contributed by atoms with van der Waals surface area (Å²) in [5, 5.41) is 0. The minimum Gasteiger partial charge on any atom is -0.0613 e. The Morgan fingerprint density at radius 2 is 0.900 bits per heavy atom. The Kier molecular flexibility index (Phi) is 7.05. The van der Waals surface area contributed by atoms with E-state index < -0.39 is 0 Å². The topological polar surface area (TPSA) is 0 Å². The summed E-state index contributed by atoms with van der Waals surface area (Å²) in [4.78, 5) is 0. The summed E-state index contributed by atoms with van der Waals surface area (Å²) >= 11 is 0. The van der Waals surface area contributed by atoms with Gasteiger partial charge in [0.15, 0.2) is 0 Å². The fourth-order valence-corrected chi connectivity index (χ4v) is 4.95. The smallest absolute Gasteiger partial charge is 0.00258 e. The van der Waals surface area contributed by atoms with Gasteiger partial charge < -0.3 is 0 Å². The molecule has 1 aliphatic carbocycles. The van der Waals surface area contributed by atoms with E-state index >= 15 is 0 Å². The van der Waals surface area contributed by atoms with Crippen LogP contribution in [0.1, 0.15) is 66.0 Å². The van der Waals surface area contributed by atoms with Crippen molar-refractivity contribution in [2.45, 2.75) is 65.2 Å². The highest BCUT2D eigenvalue weighted by Crippen LogP contribution is 2.33. The van der Waals surface area contributed by atoms with Gasteiger partial charge in [-0.1, -0.05) is 85.3 Å². The molecule has 0 unspecified atom stereocenters. The molecule has 1 saturated carbocycles. The van der Waals surface area contributed by atoms with Crippen LogP contribution in [0, 0.1) is 18.8 Å². The summed E-state index contributed by atoms with van der Waals surface area (Å²) in [6.07, 6.45) is 10.2. The largest absolute Gasteiger partial charge is 0.0613 e. The van der Waals surface area contributed by atoms with Crippen molar-refractivity contribution in [2.24, 2.45) is 11.8 Å². The molecule has 0 atom stereocenters. The lowest BCUT2D eigenvalue weighted by molar-refractivity contribution is 0.272. The second kappa shape index (κ2) is 10.1. The second-order valence-corrected chi connectivity index (χ2v) is 9.44. The summed E-state index contributed by atoms with van der Waals surface area (Å²) in [6.45, 7) is 4.38. The van der Waals surface area contributed by atoms with Gasteiger partial charge in [0.2, 0.25) is 0 Å². The first kappa shape index (κ1) is 20.9. The van der Waals surface area contributed by atoms with Crippen LogP contribution in [-0.2, 0) is 25.7 Å². The maximum Gasteiger partial charge on any atom is -0.00258 e. The molecule has 3 aromatic carbocycles. The summed E-state index contributed by atoms with van der Waals surface area (Å²) in [5.41, 5.74) is 8.65. The van der Waals surface area contributed by atoms with Gasteiger partial charge in [-0.15, -0.1) is 0 Å². The molecule has 0 saturated heterocycles. The van der Waals surface area contributed by atoms with Gasteiger partial charge in [0, 0.05) is 0 Å². The molecule has 0 amide bonds.